The maximum absolute atomic E-state index is 13.7. The van der Waals surface area contributed by atoms with E-state index >= 15 is 0 Å². The first-order valence-electron chi connectivity index (χ1n) is 10.1. The van der Waals surface area contributed by atoms with Crippen molar-refractivity contribution in [3.8, 4) is 11.6 Å². The smallest absolute Gasteiger partial charge is 0.248 e. The van der Waals surface area contributed by atoms with Gasteiger partial charge in [-0.25, -0.2) is 13.8 Å². The fourth-order valence-electron chi connectivity index (χ4n) is 3.77. The Morgan fingerprint density at radius 1 is 1.10 bits per heavy atom. The minimum absolute atomic E-state index is 0.0125. The summed E-state index contributed by atoms with van der Waals surface area (Å²) in [5.41, 5.74) is 1.49. The van der Waals surface area contributed by atoms with E-state index in [-0.39, 0.29) is 30.7 Å². The van der Waals surface area contributed by atoms with Gasteiger partial charge in [0.15, 0.2) is 11.6 Å². The quantitative estimate of drug-likeness (QED) is 0.744. The number of amides is 1. The number of hydrogen-bond acceptors (Lipinski definition) is 6. The highest BCUT2D eigenvalue weighted by Gasteiger charge is 2.28. The van der Waals surface area contributed by atoms with Crippen LogP contribution in [0.4, 0.5) is 14.7 Å². The minimum Gasteiger partial charge on any atom is -0.438 e. The number of rotatable bonds is 5. The van der Waals surface area contributed by atoms with Crippen LogP contribution >= 0.6 is 0 Å². The predicted octanol–water partition coefficient (Wildman–Crippen LogP) is 3.07. The molecule has 0 bridgehead atoms. The number of aromatic nitrogens is 2. The molecule has 1 aromatic carbocycles. The number of benzene rings is 1. The average molecular weight is 418 g/mol. The van der Waals surface area contributed by atoms with Gasteiger partial charge in [0.2, 0.25) is 17.7 Å². The molecular weight excluding hydrogens is 394 g/mol. The van der Waals surface area contributed by atoms with Gasteiger partial charge in [-0.3, -0.25) is 4.79 Å². The lowest BCUT2D eigenvalue weighted by molar-refractivity contribution is -0.136. The molecule has 0 atom stereocenters. The molecule has 1 aromatic heterocycles. The second-order valence-corrected chi connectivity index (χ2v) is 7.48. The molecule has 1 amide bonds. The Bertz CT molecular complexity index is 935. The highest BCUT2D eigenvalue weighted by atomic mass is 19.2. The van der Waals surface area contributed by atoms with Gasteiger partial charge in [0, 0.05) is 39.2 Å². The fourth-order valence-corrected chi connectivity index (χ4v) is 3.77. The number of anilines is 1. The van der Waals surface area contributed by atoms with Crippen molar-refractivity contribution in [2.24, 2.45) is 0 Å². The molecule has 2 aliphatic rings. The third-order valence-corrected chi connectivity index (χ3v) is 5.38. The second kappa shape index (κ2) is 8.91. The number of halogens is 2. The zero-order valence-corrected chi connectivity index (χ0v) is 16.9. The van der Waals surface area contributed by atoms with Crippen molar-refractivity contribution in [2.45, 2.75) is 32.2 Å². The van der Waals surface area contributed by atoms with Crippen molar-refractivity contribution in [2.75, 3.05) is 38.3 Å². The SMILES string of the molecule is COCC(=O)N1CCc2nc(N3CCCCC3)nc(Oc3ccc(F)c(F)c3)c2C1. The van der Waals surface area contributed by atoms with Crippen molar-refractivity contribution in [1.82, 2.24) is 14.9 Å². The lowest BCUT2D eigenvalue weighted by atomic mass is 10.1. The summed E-state index contributed by atoms with van der Waals surface area (Å²) in [5, 5.41) is 0. The molecular formula is C21H24F2N4O3. The van der Waals surface area contributed by atoms with E-state index in [1.165, 1.54) is 19.6 Å². The van der Waals surface area contributed by atoms with Crippen LogP contribution in [0.1, 0.15) is 30.5 Å². The molecule has 0 aliphatic carbocycles. The van der Waals surface area contributed by atoms with Crippen molar-refractivity contribution >= 4 is 11.9 Å². The van der Waals surface area contributed by atoms with Gasteiger partial charge in [-0.15, -0.1) is 0 Å². The van der Waals surface area contributed by atoms with E-state index in [1.807, 2.05) is 0 Å². The molecule has 3 heterocycles. The van der Waals surface area contributed by atoms with Crippen molar-refractivity contribution < 1.29 is 23.0 Å². The predicted molar refractivity (Wildman–Crippen MR) is 106 cm³/mol. The topological polar surface area (TPSA) is 67.8 Å². The third-order valence-electron chi connectivity index (χ3n) is 5.38. The monoisotopic (exact) mass is 418 g/mol. The summed E-state index contributed by atoms with van der Waals surface area (Å²) in [6, 6.07) is 3.35. The maximum Gasteiger partial charge on any atom is 0.248 e. The molecule has 0 saturated carbocycles. The van der Waals surface area contributed by atoms with Crippen LogP contribution in [-0.4, -0.2) is 54.1 Å². The van der Waals surface area contributed by atoms with Crippen LogP contribution in [0.25, 0.3) is 0 Å². The number of carbonyl (C=O) groups is 1. The van der Waals surface area contributed by atoms with E-state index in [0.717, 1.165) is 43.8 Å². The Labute approximate surface area is 173 Å². The lowest BCUT2D eigenvalue weighted by Crippen LogP contribution is -2.39. The molecule has 0 radical (unpaired) electrons. The fraction of sp³-hybridized carbons (Fsp3) is 0.476. The first-order chi connectivity index (χ1) is 14.5. The summed E-state index contributed by atoms with van der Waals surface area (Å²) in [7, 11) is 1.47. The van der Waals surface area contributed by atoms with Crippen LogP contribution in [0.15, 0.2) is 18.2 Å². The largest absolute Gasteiger partial charge is 0.438 e. The Morgan fingerprint density at radius 2 is 1.90 bits per heavy atom. The van der Waals surface area contributed by atoms with Crippen LogP contribution in [0.5, 0.6) is 11.6 Å². The van der Waals surface area contributed by atoms with Gasteiger partial charge in [-0.2, -0.15) is 4.98 Å². The van der Waals surface area contributed by atoms with Gasteiger partial charge in [-0.1, -0.05) is 0 Å². The van der Waals surface area contributed by atoms with Crippen LogP contribution in [0, 0.1) is 11.6 Å². The summed E-state index contributed by atoms with van der Waals surface area (Å²) in [6.45, 7) is 2.51. The molecule has 1 saturated heterocycles. The Kier molecular flexibility index (Phi) is 6.08. The molecule has 0 unspecified atom stereocenters. The Hall–Kier alpha value is -2.81. The zero-order valence-electron chi connectivity index (χ0n) is 16.9. The van der Waals surface area contributed by atoms with Gasteiger partial charge < -0.3 is 19.3 Å². The number of methoxy groups -OCH3 is 1. The third kappa shape index (κ3) is 4.35. The zero-order chi connectivity index (χ0) is 21.1. The maximum atomic E-state index is 13.7. The minimum atomic E-state index is -0.997. The van der Waals surface area contributed by atoms with Crippen molar-refractivity contribution in [3.63, 3.8) is 0 Å². The van der Waals surface area contributed by atoms with Gasteiger partial charge in [0.25, 0.3) is 0 Å². The normalized spacial score (nSPS) is 16.4. The van der Waals surface area contributed by atoms with E-state index in [2.05, 4.69) is 9.88 Å². The Morgan fingerprint density at radius 3 is 2.63 bits per heavy atom. The van der Waals surface area contributed by atoms with Crippen molar-refractivity contribution in [3.05, 3.63) is 41.1 Å². The molecule has 9 heteroatoms. The van der Waals surface area contributed by atoms with Crippen LogP contribution < -0.4 is 9.64 Å². The van der Waals surface area contributed by atoms with E-state index in [9.17, 15) is 13.6 Å². The van der Waals surface area contributed by atoms with Gasteiger partial charge >= 0.3 is 0 Å². The number of hydrogen-bond donors (Lipinski definition) is 0. The number of nitrogens with zero attached hydrogens (tertiary/aromatic N) is 4. The van der Waals surface area contributed by atoms with Crippen LogP contribution in [-0.2, 0) is 22.5 Å². The van der Waals surface area contributed by atoms with E-state index in [4.69, 9.17) is 14.5 Å². The number of carbonyl (C=O) groups excluding carboxylic acids is 1. The summed E-state index contributed by atoms with van der Waals surface area (Å²) in [4.78, 5) is 25.4. The average Bonchev–Trinajstić information content (AvgIpc) is 2.76. The van der Waals surface area contributed by atoms with E-state index in [1.54, 1.807) is 4.90 Å². The number of piperidine rings is 1. The molecule has 4 rings (SSSR count). The molecule has 7 nitrogen and oxygen atoms in total. The molecule has 1 fully saturated rings. The molecule has 2 aliphatic heterocycles. The Balaban J connectivity index is 1.69. The highest BCUT2D eigenvalue weighted by Crippen LogP contribution is 2.32. The molecule has 0 spiro atoms. The summed E-state index contributed by atoms with van der Waals surface area (Å²) in [5.74, 6) is -1.10. The lowest BCUT2D eigenvalue weighted by Gasteiger charge is -2.31. The molecule has 30 heavy (non-hydrogen) atoms. The van der Waals surface area contributed by atoms with Crippen molar-refractivity contribution in [1.29, 1.82) is 0 Å². The van der Waals surface area contributed by atoms with Gasteiger partial charge in [0.05, 0.1) is 17.8 Å². The highest BCUT2D eigenvalue weighted by molar-refractivity contribution is 5.77. The van der Waals surface area contributed by atoms with Crippen LogP contribution in [0.2, 0.25) is 0 Å². The molecule has 0 N–H and O–H groups in total. The number of ether oxygens (including phenoxy) is 2. The summed E-state index contributed by atoms with van der Waals surface area (Å²) >= 11 is 0. The standard InChI is InChI=1S/C21H24F2N4O3/c1-29-13-19(28)27-10-7-18-15(12-27)20(30-14-5-6-16(22)17(23)11-14)25-21(24-18)26-8-3-2-4-9-26/h5-6,11H,2-4,7-10,12-13H2,1H3. The van der Waals surface area contributed by atoms with Gasteiger partial charge in [-0.05, 0) is 31.4 Å². The first kappa shape index (κ1) is 20.5. The molecule has 160 valence electrons. The van der Waals surface area contributed by atoms with Crippen LogP contribution in [0.3, 0.4) is 0 Å². The summed E-state index contributed by atoms with van der Waals surface area (Å²) in [6.07, 6.45) is 3.87. The molecule has 2 aromatic rings. The second-order valence-electron chi connectivity index (χ2n) is 7.48. The van der Waals surface area contributed by atoms with E-state index < -0.39 is 11.6 Å². The summed E-state index contributed by atoms with van der Waals surface area (Å²) < 4.78 is 37.8. The first-order valence-corrected chi connectivity index (χ1v) is 10.1. The number of fused-ring (bicyclic) bond motifs is 1. The van der Waals surface area contributed by atoms with Gasteiger partial charge in [0.1, 0.15) is 12.4 Å². The van der Waals surface area contributed by atoms with E-state index in [0.29, 0.717) is 24.5 Å².